The lowest BCUT2D eigenvalue weighted by Crippen LogP contribution is -2.64. The van der Waals surface area contributed by atoms with Gasteiger partial charge in [-0.15, -0.1) is 0 Å². The highest BCUT2D eigenvalue weighted by atomic mass is 32.3. The third kappa shape index (κ3) is 5.10. The summed E-state index contributed by atoms with van der Waals surface area (Å²) in [6.07, 6.45) is -17.9. The second-order valence-corrected chi connectivity index (χ2v) is 7.08. The summed E-state index contributed by atoms with van der Waals surface area (Å²) in [7, 11) is -5.15. The SMILES string of the molecule is O=S(=O)(O)O[C@H]1[C@@H](O[C@H]2O[C@H](CO)[C@@H](O)[C@H](O)[C@H]2O)O[C@H](CO)[C@@H](O)[C@@H]1O. The quantitative estimate of drug-likeness (QED) is 0.186. The van der Waals surface area contributed by atoms with Crippen LogP contribution in [0.25, 0.3) is 0 Å². The van der Waals surface area contributed by atoms with Gasteiger partial charge in [-0.1, -0.05) is 0 Å². The van der Waals surface area contributed by atoms with Gasteiger partial charge in [-0.05, 0) is 0 Å². The standard InChI is InChI=1S/C12H22O14S/c13-1-3-5(15)7(17)9(19)11(23-3)25-12-10(26-27(20,21)22)8(18)6(16)4(2-14)24-12/h3-19H,1-2H2,(H,20,21,22)/t3-,4-,5-,6-,7+,8+,9-,10-,11-,12-/m1/s1. The first-order valence-electron chi connectivity index (χ1n) is 7.74. The van der Waals surface area contributed by atoms with E-state index in [9.17, 15) is 39.1 Å². The van der Waals surface area contributed by atoms with Crippen LogP contribution in [0.5, 0.6) is 0 Å². The van der Waals surface area contributed by atoms with Crippen molar-refractivity contribution in [1.29, 1.82) is 0 Å². The molecule has 2 aliphatic heterocycles. The zero-order chi connectivity index (χ0) is 20.5. The van der Waals surface area contributed by atoms with Gasteiger partial charge in [0, 0.05) is 0 Å². The van der Waals surface area contributed by atoms with E-state index >= 15 is 0 Å². The number of hydrogen-bond donors (Lipinski definition) is 8. The fourth-order valence-electron chi connectivity index (χ4n) is 2.72. The first-order valence-corrected chi connectivity index (χ1v) is 9.10. The van der Waals surface area contributed by atoms with Gasteiger partial charge >= 0.3 is 10.4 Å². The summed E-state index contributed by atoms with van der Waals surface area (Å²) in [6.45, 7) is -1.60. The van der Waals surface area contributed by atoms with Crippen LogP contribution >= 0.6 is 0 Å². The van der Waals surface area contributed by atoms with Crippen LogP contribution in [0.2, 0.25) is 0 Å². The van der Waals surface area contributed by atoms with E-state index in [1.54, 1.807) is 0 Å². The molecule has 0 aliphatic carbocycles. The molecule has 0 radical (unpaired) electrons. The van der Waals surface area contributed by atoms with Gasteiger partial charge in [0.2, 0.25) is 0 Å². The second kappa shape index (κ2) is 8.87. The number of ether oxygens (including phenoxy) is 3. The molecular weight excluding hydrogens is 400 g/mol. The first kappa shape index (κ1) is 22.8. The molecule has 160 valence electrons. The zero-order valence-corrected chi connectivity index (χ0v) is 14.4. The highest BCUT2D eigenvalue weighted by Gasteiger charge is 2.51. The molecule has 0 aromatic rings. The van der Waals surface area contributed by atoms with Gasteiger partial charge in [0.05, 0.1) is 13.2 Å². The summed E-state index contributed by atoms with van der Waals surface area (Å²) in [6, 6.07) is 0. The largest absolute Gasteiger partial charge is 0.397 e. The summed E-state index contributed by atoms with van der Waals surface area (Å²) >= 11 is 0. The number of aliphatic hydroxyl groups is 7. The normalized spacial score (nSPS) is 46.4. The molecule has 8 N–H and O–H groups in total. The molecule has 27 heavy (non-hydrogen) atoms. The third-order valence-corrected chi connectivity index (χ3v) is 4.64. The zero-order valence-electron chi connectivity index (χ0n) is 13.6. The van der Waals surface area contributed by atoms with Gasteiger partial charge in [0.15, 0.2) is 18.7 Å². The molecule has 0 aromatic carbocycles. The maximum atomic E-state index is 11.0. The molecule has 0 aromatic heterocycles. The van der Waals surface area contributed by atoms with Crippen LogP contribution < -0.4 is 0 Å². The Morgan fingerprint density at radius 1 is 0.741 bits per heavy atom. The van der Waals surface area contributed by atoms with E-state index in [4.69, 9.17) is 23.9 Å². The summed E-state index contributed by atoms with van der Waals surface area (Å²) in [5, 5.41) is 67.5. The average Bonchev–Trinajstić information content (AvgIpc) is 2.60. The molecule has 10 atom stereocenters. The fraction of sp³-hybridized carbons (Fsp3) is 1.00. The minimum absolute atomic E-state index is 0.776. The Morgan fingerprint density at radius 2 is 1.22 bits per heavy atom. The predicted molar refractivity (Wildman–Crippen MR) is 79.0 cm³/mol. The average molecular weight is 422 g/mol. The van der Waals surface area contributed by atoms with Gasteiger partial charge in [-0.2, -0.15) is 8.42 Å². The number of rotatable bonds is 6. The molecule has 0 amide bonds. The molecule has 2 heterocycles. The van der Waals surface area contributed by atoms with E-state index in [0.29, 0.717) is 0 Å². The van der Waals surface area contributed by atoms with Crippen molar-refractivity contribution in [2.24, 2.45) is 0 Å². The smallest absolute Gasteiger partial charge is 0.394 e. The molecule has 0 spiro atoms. The molecule has 0 unspecified atom stereocenters. The molecule has 2 saturated heterocycles. The summed E-state index contributed by atoms with van der Waals surface area (Å²) < 4.78 is 50.3. The minimum atomic E-state index is -5.15. The van der Waals surface area contributed by atoms with Crippen molar-refractivity contribution in [3.63, 3.8) is 0 Å². The van der Waals surface area contributed by atoms with Crippen molar-refractivity contribution in [1.82, 2.24) is 0 Å². The molecule has 14 nitrogen and oxygen atoms in total. The monoisotopic (exact) mass is 422 g/mol. The molecule has 15 heteroatoms. The number of aliphatic hydroxyl groups excluding tert-OH is 7. The van der Waals surface area contributed by atoms with E-state index in [1.807, 2.05) is 0 Å². The van der Waals surface area contributed by atoms with Gasteiger partial charge in [-0.3, -0.25) is 4.55 Å². The van der Waals surface area contributed by atoms with Crippen molar-refractivity contribution in [3.05, 3.63) is 0 Å². The Morgan fingerprint density at radius 3 is 1.70 bits per heavy atom. The molecular formula is C12H22O14S. The van der Waals surface area contributed by atoms with Crippen LogP contribution in [0.4, 0.5) is 0 Å². The van der Waals surface area contributed by atoms with Crippen molar-refractivity contribution in [3.8, 4) is 0 Å². The van der Waals surface area contributed by atoms with Crippen molar-refractivity contribution in [2.45, 2.75) is 61.4 Å². The molecule has 2 aliphatic rings. The second-order valence-electron chi connectivity index (χ2n) is 6.03. The first-order chi connectivity index (χ1) is 12.5. The van der Waals surface area contributed by atoms with Crippen LogP contribution in [0.1, 0.15) is 0 Å². The van der Waals surface area contributed by atoms with Crippen LogP contribution in [0.15, 0.2) is 0 Å². The van der Waals surface area contributed by atoms with Crippen molar-refractivity contribution in [2.75, 3.05) is 13.2 Å². The summed E-state index contributed by atoms with van der Waals surface area (Å²) in [4.78, 5) is 0. The molecule has 2 fully saturated rings. The summed E-state index contributed by atoms with van der Waals surface area (Å²) in [5.41, 5.74) is 0. The fourth-order valence-corrected chi connectivity index (χ4v) is 3.21. The lowest BCUT2D eigenvalue weighted by Gasteiger charge is -2.45. The topological polar surface area (TPSA) is 233 Å². The van der Waals surface area contributed by atoms with Crippen molar-refractivity contribution >= 4 is 10.4 Å². The van der Waals surface area contributed by atoms with Gasteiger partial charge < -0.3 is 50.0 Å². The predicted octanol–water partition coefficient (Wildman–Crippen LogP) is -5.57. The Bertz CT molecular complexity index is 583. The lowest BCUT2D eigenvalue weighted by atomic mass is 9.98. The van der Waals surface area contributed by atoms with Gasteiger partial charge in [-0.25, -0.2) is 4.18 Å². The van der Waals surface area contributed by atoms with Gasteiger partial charge in [0.25, 0.3) is 0 Å². The van der Waals surface area contributed by atoms with Gasteiger partial charge in [0.1, 0.15) is 42.7 Å². The van der Waals surface area contributed by atoms with Crippen LogP contribution in [-0.2, 0) is 28.8 Å². The number of hydrogen-bond acceptors (Lipinski definition) is 13. The van der Waals surface area contributed by atoms with Crippen LogP contribution in [-0.4, -0.2) is 123 Å². The van der Waals surface area contributed by atoms with E-state index in [1.165, 1.54) is 0 Å². The lowest BCUT2D eigenvalue weighted by molar-refractivity contribution is -0.373. The van der Waals surface area contributed by atoms with E-state index in [0.717, 1.165) is 0 Å². The Labute approximate surface area is 153 Å². The summed E-state index contributed by atoms with van der Waals surface area (Å²) in [5.74, 6) is 0. The maximum absolute atomic E-state index is 11.0. The Balaban J connectivity index is 2.23. The molecule has 0 bridgehead atoms. The Hall–Kier alpha value is -0.530. The Kier molecular flexibility index (Phi) is 7.47. The van der Waals surface area contributed by atoms with E-state index < -0.39 is 85.0 Å². The highest BCUT2D eigenvalue weighted by molar-refractivity contribution is 7.80. The third-order valence-electron chi connectivity index (χ3n) is 4.17. The maximum Gasteiger partial charge on any atom is 0.397 e. The van der Waals surface area contributed by atoms with Crippen LogP contribution in [0, 0.1) is 0 Å². The van der Waals surface area contributed by atoms with Crippen molar-refractivity contribution < 1.29 is 67.1 Å². The molecule has 2 rings (SSSR count). The highest BCUT2D eigenvalue weighted by Crippen LogP contribution is 2.29. The van der Waals surface area contributed by atoms with E-state index in [-0.39, 0.29) is 0 Å². The molecule has 0 saturated carbocycles. The van der Waals surface area contributed by atoms with Crippen LogP contribution in [0.3, 0.4) is 0 Å². The van der Waals surface area contributed by atoms with E-state index in [2.05, 4.69) is 4.18 Å². The minimum Gasteiger partial charge on any atom is -0.394 e.